The fraction of sp³-hybridized carbons (Fsp3) is 0.704. The van der Waals surface area contributed by atoms with Gasteiger partial charge in [-0.05, 0) is 63.9 Å². The molecule has 4 atom stereocenters. The Hall–Kier alpha value is -2.00. The summed E-state index contributed by atoms with van der Waals surface area (Å²) in [5, 5.41) is 3.01. The number of piperidine rings is 1. The van der Waals surface area contributed by atoms with Crippen molar-refractivity contribution in [2.45, 2.75) is 56.4 Å². The molecule has 3 aliphatic rings. The normalized spacial score (nSPS) is 27.8. The van der Waals surface area contributed by atoms with Crippen LogP contribution in [-0.2, 0) is 20.7 Å². The zero-order valence-electron chi connectivity index (χ0n) is 22.0. The van der Waals surface area contributed by atoms with Crippen molar-refractivity contribution in [1.29, 1.82) is 0 Å². The van der Waals surface area contributed by atoms with Crippen LogP contribution in [0.3, 0.4) is 0 Å². The van der Waals surface area contributed by atoms with E-state index in [1.165, 1.54) is 5.56 Å². The van der Waals surface area contributed by atoms with Gasteiger partial charge in [0.25, 0.3) is 0 Å². The Kier molecular flexibility index (Phi) is 8.16. The highest BCUT2D eigenvalue weighted by molar-refractivity contribution is 5.96. The number of carbonyl (C=O) groups is 2. The molecule has 1 N–H and O–H groups in total. The van der Waals surface area contributed by atoms with E-state index >= 15 is 0 Å². The van der Waals surface area contributed by atoms with Crippen LogP contribution in [0.5, 0.6) is 0 Å². The third kappa shape index (κ3) is 5.40. The Morgan fingerprint density at radius 3 is 2.63 bits per heavy atom. The van der Waals surface area contributed by atoms with Crippen LogP contribution in [0, 0.1) is 11.8 Å². The maximum atomic E-state index is 14.1. The molecular weight excluding hydrogens is 444 g/mol. The largest absolute Gasteiger partial charge is 0.353 e. The van der Waals surface area contributed by atoms with Crippen molar-refractivity contribution in [3.05, 3.63) is 35.4 Å². The van der Waals surface area contributed by atoms with Crippen LogP contribution in [0.25, 0.3) is 0 Å². The summed E-state index contributed by atoms with van der Waals surface area (Å²) >= 11 is 0. The Labute approximate surface area is 209 Å². The van der Waals surface area contributed by atoms with Gasteiger partial charge in [0.1, 0.15) is 0 Å². The van der Waals surface area contributed by atoms with Gasteiger partial charge in [-0.25, -0.2) is 4.79 Å². The molecule has 0 radical (unpaired) electrons. The predicted octanol–water partition coefficient (Wildman–Crippen LogP) is 2.88. The second kappa shape index (κ2) is 10.9. The first-order chi connectivity index (χ1) is 16.8. The molecule has 3 amide bonds. The lowest BCUT2D eigenvalue weighted by Crippen LogP contribution is -2.57. The van der Waals surface area contributed by atoms with Crippen LogP contribution in [0.2, 0.25) is 0 Å². The minimum absolute atomic E-state index is 0.0645. The number of ether oxygens (including phenoxy) is 2. The number of imide groups is 1. The number of amides is 3. The molecule has 3 unspecified atom stereocenters. The van der Waals surface area contributed by atoms with Crippen molar-refractivity contribution in [2.75, 3.05) is 55.0 Å². The summed E-state index contributed by atoms with van der Waals surface area (Å²) in [7, 11) is 9.46. The Morgan fingerprint density at radius 1 is 1.17 bits per heavy atom. The fourth-order valence-electron chi connectivity index (χ4n) is 6.48. The average molecular weight is 487 g/mol. The number of methoxy groups -OCH3 is 2. The molecule has 194 valence electrons. The molecule has 1 heterocycles. The number of nitrogens with one attached hydrogen (secondary N) is 1. The molecule has 2 fully saturated rings. The van der Waals surface area contributed by atoms with Crippen molar-refractivity contribution in [1.82, 2.24) is 20.0 Å². The maximum absolute atomic E-state index is 14.1. The van der Waals surface area contributed by atoms with E-state index < -0.39 is 5.79 Å². The molecule has 1 aliphatic heterocycles. The van der Waals surface area contributed by atoms with Gasteiger partial charge in [0, 0.05) is 52.7 Å². The van der Waals surface area contributed by atoms with E-state index in [1.807, 2.05) is 31.1 Å². The minimum atomic E-state index is -0.583. The second-order valence-corrected chi connectivity index (χ2v) is 10.8. The van der Waals surface area contributed by atoms with Gasteiger partial charge in [0.15, 0.2) is 5.79 Å². The first kappa shape index (κ1) is 26.1. The molecule has 0 spiro atoms. The molecule has 2 aliphatic carbocycles. The molecule has 35 heavy (non-hydrogen) atoms. The van der Waals surface area contributed by atoms with Gasteiger partial charge in [0.05, 0.1) is 12.0 Å². The van der Waals surface area contributed by atoms with Crippen LogP contribution in [-0.4, -0.2) is 93.5 Å². The Morgan fingerprint density at radius 2 is 1.91 bits per heavy atom. The summed E-state index contributed by atoms with van der Waals surface area (Å²) in [6.45, 7) is 1.90. The average Bonchev–Trinajstić information content (AvgIpc) is 3.27. The van der Waals surface area contributed by atoms with Crippen molar-refractivity contribution in [2.24, 2.45) is 11.8 Å². The van der Waals surface area contributed by atoms with Gasteiger partial charge in [-0.2, -0.15) is 0 Å². The molecule has 1 aromatic rings. The number of nitrogens with zero attached hydrogens (tertiary/aromatic N) is 3. The van der Waals surface area contributed by atoms with Gasteiger partial charge in [-0.3, -0.25) is 9.69 Å². The van der Waals surface area contributed by atoms with E-state index in [2.05, 4.69) is 29.4 Å². The number of benzene rings is 1. The van der Waals surface area contributed by atoms with Crippen LogP contribution in [0.4, 0.5) is 4.79 Å². The monoisotopic (exact) mass is 486 g/mol. The first-order valence-corrected chi connectivity index (χ1v) is 12.9. The lowest BCUT2D eigenvalue weighted by molar-refractivity contribution is -0.242. The SMILES string of the molecule is COC1(OC)CCC2C(CC(C(=O)N(C(=O)NCCN(C)C)[C@H]3CCc4ccccc43)CN2C)C1. The summed E-state index contributed by atoms with van der Waals surface area (Å²) in [6, 6.07) is 8.11. The quantitative estimate of drug-likeness (QED) is 0.598. The number of rotatable bonds is 7. The number of hydrogen-bond donors (Lipinski definition) is 1. The van der Waals surface area contributed by atoms with E-state index in [1.54, 1.807) is 19.1 Å². The van der Waals surface area contributed by atoms with Crippen LogP contribution in [0.1, 0.15) is 49.3 Å². The van der Waals surface area contributed by atoms with Crippen molar-refractivity contribution in [3.8, 4) is 0 Å². The van der Waals surface area contributed by atoms with Gasteiger partial charge in [0.2, 0.25) is 5.91 Å². The highest BCUT2D eigenvalue weighted by Gasteiger charge is 2.48. The molecule has 1 saturated heterocycles. The maximum Gasteiger partial charge on any atom is 0.324 e. The highest BCUT2D eigenvalue weighted by Crippen LogP contribution is 2.44. The smallest absolute Gasteiger partial charge is 0.324 e. The summed E-state index contributed by atoms with van der Waals surface area (Å²) < 4.78 is 11.5. The van der Waals surface area contributed by atoms with E-state index in [4.69, 9.17) is 9.47 Å². The molecule has 4 rings (SSSR count). The van der Waals surface area contributed by atoms with Gasteiger partial charge < -0.3 is 24.6 Å². The molecule has 8 nitrogen and oxygen atoms in total. The zero-order valence-corrected chi connectivity index (χ0v) is 22.0. The third-order valence-electron chi connectivity index (χ3n) is 8.40. The first-order valence-electron chi connectivity index (χ1n) is 12.9. The highest BCUT2D eigenvalue weighted by atomic mass is 16.7. The number of carbonyl (C=O) groups excluding carboxylic acids is 2. The van der Waals surface area contributed by atoms with Crippen molar-refractivity contribution < 1.29 is 19.1 Å². The summed E-state index contributed by atoms with van der Waals surface area (Å²) in [5.41, 5.74) is 2.33. The summed E-state index contributed by atoms with van der Waals surface area (Å²) in [5.74, 6) is -0.602. The standard InChI is InChI=1S/C27H42N4O4/c1-29(2)15-14-28-26(33)31(24-11-10-19-8-6-7-9-22(19)24)25(32)21-16-20-17-27(34-4,35-5)13-12-23(20)30(3)18-21/h6-9,20-21,23-24H,10-18H2,1-5H3,(H,28,33)/t20?,21?,23?,24-/m0/s1. The van der Waals surface area contributed by atoms with Crippen LogP contribution >= 0.6 is 0 Å². The van der Waals surface area contributed by atoms with Gasteiger partial charge in [-0.15, -0.1) is 0 Å². The Balaban J connectivity index is 1.56. The number of aryl methyl sites for hydroxylation is 1. The summed E-state index contributed by atoms with van der Waals surface area (Å²) in [4.78, 5) is 33.5. The predicted molar refractivity (Wildman–Crippen MR) is 135 cm³/mol. The van der Waals surface area contributed by atoms with Crippen molar-refractivity contribution in [3.63, 3.8) is 0 Å². The van der Waals surface area contributed by atoms with E-state index in [0.29, 0.717) is 19.1 Å². The molecule has 1 saturated carbocycles. The van der Waals surface area contributed by atoms with Gasteiger partial charge in [-0.1, -0.05) is 24.3 Å². The van der Waals surface area contributed by atoms with Crippen molar-refractivity contribution >= 4 is 11.9 Å². The number of likely N-dealkylation sites (tertiary alicyclic amines) is 1. The topological polar surface area (TPSA) is 74.3 Å². The minimum Gasteiger partial charge on any atom is -0.353 e. The lowest BCUT2D eigenvalue weighted by Gasteiger charge is -2.50. The van der Waals surface area contributed by atoms with Gasteiger partial charge >= 0.3 is 6.03 Å². The Bertz CT molecular complexity index is 903. The molecule has 1 aromatic carbocycles. The van der Waals surface area contributed by atoms with Crippen LogP contribution in [0.15, 0.2) is 24.3 Å². The zero-order chi connectivity index (χ0) is 25.2. The number of urea groups is 1. The van der Waals surface area contributed by atoms with E-state index in [-0.39, 0.29) is 29.8 Å². The number of likely N-dealkylation sites (N-methyl/N-ethyl adjacent to an activating group) is 1. The number of hydrogen-bond acceptors (Lipinski definition) is 6. The second-order valence-electron chi connectivity index (χ2n) is 10.8. The van der Waals surface area contributed by atoms with Crippen LogP contribution < -0.4 is 5.32 Å². The molecule has 0 bridgehead atoms. The third-order valence-corrected chi connectivity index (χ3v) is 8.40. The fourth-order valence-corrected chi connectivity index (χ4v) is 6.48. The molecule has 8 heteroatoms. The van der Waals surface area contributed by atoms with E-state index in [0.717, 1.165) is 50.6 Å². The number of fused-ring (bicyclic) bond motifs is 2. The molecule has 0 aromatic heterocycles. The lowest BCUT2D eigenvalue weighted by atomic mass is 9.72. The van der Waals surface area contributed by atoms with E-state index in [9.17, 15) is 9.59 Å². The molecular formula is C27H42N4O4. The summed E-state index contributed by atoms with van der Waals surface area (Å²) in [6.07, 6.45) is 5.00.